The van der Waals surface area contributed by atoms with Crippen LogP contribution in [0.25, 0.3) is 0 Å². The molecule has 1 atom stereocenters. The number of ether oxygens (including phenoxy) is 1. The second-order valence-corrected chi connectivity index (χ2v) is 7.81. The molecule has 0 spiro atoms. The van der Waals surface area contributed by atoms with Crippen LogP contribution in [0.5, 0.6) is 0 Å². The maximum Gasteiger partial charge on any atom is 0.309 e. The molecule has 0 fully saturated rings. The van der Waals surface area contributed by atoms with E-state index in [1.807, 2.05) is 12.2 Å². The summed E-state index contributed by atoms with van der Waals surface area (Å²) in [4.78, 5) is 22.6. The second-order valence-electron chi connectivity index (χ2n) is 7.81. The average molecular weight is 445 g/mol. The molecular weight excluding hydrogens is 400 g/mol. The van der Waals surface area contributed by atoms with Gasteiger partial charge in [0, 0.05) is 6.42 Å². The number of hydrogen-bond donors (Lipinski definition) is 1. The van der Waals surface area contributed by atoms with Gasteiger partial charge in [-0.3, -0.25) is 9.59 Å². The fourth-order valence-corrected chi connectivity index (χ4v) is 3.07. The van der Waals surface area contributed by atoms with Crippen LogP contribution in [0.15, 0.2) is 60.8 Å². The number of hydrogen-bond acceptors (Lipinski definition) is 3. The smallest absolute Gasteiger partial charge is 0.309 e. The molecule has 0 aromatic carbocycles. The lowest BCUT2D eigenvalue weighted by atomic mass is 10.1. The number of esters is 1. The van der Waals surface area contributed by atoms with E-state index in [1.54, 1.807) is 0 Å². The van der Waals surface area contributed by atoms with Crippen LogP contribution in [-0.2, 0) is 14.3 Å². The summed E-state index contributed by atoms with van der Waals surface area (Å²) in [6.07, 6.45) is 31.5. The Morgan fingerprint density at radius 1 is 0.719 bits per heavy atom. The predicted molar refractivity (Wildman–Crippen MR) is 135 cm³/mol. The Labute approximate surface area is 195 Å². The third-order valence-electron chi connectivity index (χ3n) is 4.77. The molecule has 0 heterocycles. The maximum absolute atomic E-state index is 12.1. The molecule has 0 aliphatic heterocycles. The lowest BCUT2D eigenvalue weighted by Crippen LogP contribution is -2.17. The van der Waals surface area contributed by atoms with Gasteiger partial charge in [-0.1, -0.05) is 87.4 Å². The third-order valence-corrected chi connectivity index (χ3v) is 4.77. The van der Waals surface area contributed by atoms with E-state index in [0.29, 0.717) is 12.8 Å². The van der Waals surface area contributed by atoms with Crippen molar-refractivity contribution in [2.45, 2.75) is 103 Å². The Balaban J connectivity index is 3.89. The van der Waals surface area contributed by atoms with Crippen LogP contribution in [0.2, 0.25) is 0 Å². The first-order chi connectivity index (χ1) is 15.6. The van der Waals surface area contributed by atoms with Crippen molar-refractivity contribution in [3.05, 3.63) is 60.8 Å². The topological polar surface area (TPSA) is 63.6 Å². The van der Waals surface area contributed by atoms with Gasteiger partial charge in [0.15, 0.2) is 0 Å². The van der Waals surface area contributed by atoms with Crippen LogP contribution >= 0.6 is 0 Å². The summed E-state index contributed by atoms with van der Waals surface area (Å²) < 4.78 is 5.59. The van der Waals surface area contributed by atoms with E-state index in [4.69, 9.17) is 9.84 Å². The maximum atomic E-state index is 12.1. The van der Waals surface area contributed by atoms with Gasteiger partial charge < -0.3 is 9.84 Å². The highest BCUT2D eigenvalue weighted by atomic mass is 16.5. The summed E-state index contributed by atoms with van der Waals surface area (Å²) in [5, 5.41) is 8.67. The van der Waals surface area contributed by atoms with E-state index in [0.717, 1.165) is 64.2 Å². The highest BCUT2D eigenvalue weighted by molar-refractivity contribution is 5.71. The monoisotopic (exact) mass is 444 g/mol. The molecule has 0 radical (unpaired) electrons. The van der Waals surface area contributed by atoms with Crippen molar-refractivity contribution in [2.75, 3.05) is 0 Å². The summed E-state index contributed by atoms with van der Waals surface area (Å²) >= 11 is 0. The number of rotatable bonds is 20. The largest absolute Gasteiger partial charge is 0.481 e. The lowest BCUT2D eigenvalue weighted by Gasteiger charge is -2.16. The number of carboxylic acids is 1. The van der Waals surface area contributed by atoms with Gasteiger partial charge in [-0.25, -0.2) is 0 Å². The molecule has 4 heteroatoms. The quantitative estimate of drug-likeness (QED) is 0.118. The van der Waals surface area contributed by atoms with Gasteiger partial charge in [0.2, 0.25) is 0 Å². The molecule has 0 aromatic rings. The van der Waals surface area contributed by atoms with E-state index in [1.165, 1.54) is 0 Å². The molecule has 4 nitrogen and oxygen atoms in total. The number of allylic oxidation sites excluding steroid dienone is 9. The van der Waals surface area contributed by atoms with Crippen LogP contribution in [0.1, 0.15) is 97.3 Å². The zero-order chi connectivity index (χ0) is 23.7. The van der Waals surface area contributed by atoms with Crippen molar-refractivity contribution in [3.8, 4) is 0 Å². The van der Waals surface area contributed by atoms with Gasteiger partial charge in [-0.2, -0.15) is 0 Å². The van der Waals surface area contributed by atoms with Crippen LogP contribution in [0.4, 0.5) is 0 Å². The Kier molecular flexibility index (Phi) is 21.6. The zero-order valence-electron chi connectivity index (χ0n) is 20.2. The number of aliphatic carboxylic acids is 1. The number of carboxylic acid groups (broad SMARTS) is 1. The molecule has 1 unspecified atom stereocenters. The van der Waals surface area contributed by atoms with Gasteiger partial charge in [0.05, 0.1) is 6.42 Å². The summed E-state index contributed by atoms with van der Waals surface area (Å²) in [6.45, 7) is 4.22. The van der Waals surface area contributed by atoms with E-state index in [2.05, 4.69) is 62.5 Å². The van der Waals surface area contributed by atoms with Crippen LogP contribution < -0.4 is 0 Å². The minimum atomic E-state index is -0.751. The van der Waals surface area contributed by atoms with Crippen molar-refractivity contribution in [1.82, 2.24) is 0 Å². The molecule has 32 heavy (non-hydrogen) atoms. The summed E-state index contributed by atoms with van der Waals surface area (Å²) in [5.41, 5.74) is 0. The Bertz CT molecular complexity index is 611. The molecule has 180 valence electrons. The zero-order valence-corrected chi connectivity index (χ0v) is 20.2. The number of unbranched alkanes of at least 4 members (excludes halogenated alkanes) is 2. The molecule has 0 saturated carbocycles. The first-order valence-corrected chi connectivity index (χ1v) is 12.3. The standard InChI is InChI=1S/C28H44O4/c1-3-5-6-7-8-9-10-11-12-13-14-15-16-17-21-25-28(31)32-26(22-4-2)23-19-18-20-24-27(29)30/h5-6,8-9,11-12,14-15,17,21,26H,3-4,7,10,13,16,18-20,22-25H2,1-2H3,(H,29,30)/b6-5-,9-8-,12-11-,15-14-,21-17-. The van der Waals surface area contributed by atoms with Gasteiger partial charge in [-0.05, 0) is 57.8 Å². The van der Waals surface area contributed by atoms with Crippen LogP contribution in [-0.4, -0.2) is 23.1 Å². The molecule has 1 N–H and O–H groups in total. The fourth-order valence-electron chi connectivity index (χ4n) is 3.07. The van der Waals surface area contributed by atoms with E-state index in [-0.39, 0.29) is 18.5 Å². The van der Waals surface area contributed by atoms with E-state index >= 15 is 0 Å². The van der Waals surface area contributed by atoms with Crippen molar-refractivity contribution < 1.29 is 19.4 Å². The first-order valence-electron chi connectivity index (χ1n) is 12.3. The van der Waals surface area contributed by atoms with Gasteiger partial charge in [0.1, 0.15) is 6.10 Å². The molecule has 0 amide bonds. The predicted octanol–water partition coefficient (Wildman–Crippen LogP) is 7.87. The second kappa shape index (κ2) is 23.3. The first kappa shape index (κ1) is 29.6. The van der Waals surface area contributed by atoms with Crippen molar-refractivity contribution in [3.63, 3.8) is 0 Å². The lowest BCUT2D eigenvalue weighted by molar-refractivity contribution is -0.148. The molecule has 0 bridgehead atoms. The molecule has 0 aliphatic carbocycles. The highest BCUT2D eigenvalue weighted by Gasteiger charge is 2.12. The molecular formula is C28H44O4. The van der Waals surface area contributed by atoms with Crippen molar-refractivity contribution in [2.24, 2.45) is 0 Å². The van der Waals surface area contributed by atoms with E-state index < -0.39 is 5.97 Å². The third kappa shape index (κ3) is 22.3. The fraction of sp³-hybridized carbons (Fsp3) is 0.571. The minimum Gasteiger partial charge on any atom is -0.481 e. The number of carbonyl (C=O) groups is 2. The Morgan fingerprint density at radius 3 is 1.75 bits per heavy atom. The average Bonchev–Trinajstić information content (AvgIpc) is 2.76. The molecule has 0 aliphatic rings. The Hall–Kier alpha value is -2.36. The Morgan fingerprint density at radius 2 is 1.25 bits per heavy atom. The van der Waals surface area contributed by atoms with Gasteiger partial charge in [0.25, 0.3) is 0 Å². The molecule has 0 saturated heterocycles. The minimum absolute atomic E-state index is 0.0555. The summed E-state index contributed by atoms with van der Waals surface area (Å²) in [7, 11) is 0. The van der Waals surface area contributed by atoms with E-state index in [9.17, 15) is 9.59 Å². The van der Waals surface area contributed by atoms with Crippen molar-refractivity contribution in [1.29, 1.82) is 0 Å². The molecule has 0 aromatic heterocycles. The highest BCUT2D eigenvalue weighted by Crippen LogP contribution is 2.14. The molecule has 0 rings (SSSR count). The van der Waals surface area contributed by atoms with Gasteiger partial charge >= 0.3 is 11.9 Å². The summed E-state index contributed by atoms with van der Waals surface area (Å²) in [5.74, 6) is -0.936. The number of carbonyl (C=O) groups excluding carboxylic acids is 1. The van der Waals surface area contributed by atoms with Crippen LogP contribution in [0.3, 0.4) is 0 Å². The van der Waals surface area contributed by atoms with Crippen LogP contribution in [0, 0.1) is 0 Å². The normalized spacial score (nSPS) is 13.3. The van der Waals surface area contributed by atoms with Gasteiger partial charge in [-0.15, -0.1) is 0 Å². The van der Waals surface area contributed by atoms with Crippen molar-refractivity contribution >= 4 is 11.9 Å². The SMILES string of the molecule is CC/C=C\C/C=C\C/C=C\C/C=C\C/C=C\CC(=O)OC(CCC)CCCCCC(=O)O. The summed E-state index contributed by atoms with van der Waals surface area (Å²) in [6, 6.07) is 0.